The minimum absolute atomic E-state index is 0.0463. The quantitative estimate of drug-likeness (QED) is 0.500. The molecule has 10 nitrogen and oxygen atoms in total. The van der Waals surface area contributed by atoms with Crippen molar-refractivity contribution in [3.8, 4) is 0 Å². The van der Waals surface area contributed by atoms with Gasteiger partial charge in [0.15, 0.2) is 6.61 Å². The lowest BCUT2D eigenvalue weighted by molar-refractivity contribution is -0.119. The highest BCUT2D eigenvalue weighted by molar-refractivity contribution is 7.89. The van der Waals surface area contributed by atoms with Crippen molar-refractivity contribution >= 4 is 33.6 Å². The van der Waals surface area contributed by atoms with E-state index in [2.05, 4.69) is 10.3 Å². The first-order valence-corrected chi connectivity index (χ1v) is 11.9. The molecule has 2 aromatic rings. The third kappa shape index (κ3) is 5.99. The van der Waals surface area contributed by atoms with Crippen molar-refractivity contribution in [2.45, 2.75) is 39.5 Å². The number of hydrogen-bond donors (Lipinski definition) is 2. The van der Waals surface area contributed by atoms with E-state index < -0.39 is 34.5 Å². The second kappa shape index (κ2) is 11.1. The Morgan fingerprint density at radius 2 is 1.70 bits per heavy atom. The number of H-pyrrole nitrogens is 1. The summed E-state index contributed by atoms with van der Waals surface area (Å²) in [6, 6.07) is 5.84. The number of nitrogens with zero attached hydrogens (tertiary/aromatic N) is 1. The number of sulfonamides is 1. The molecule has 180 valence electrons. The molecule has 2 N–H and O–H groups in total. The van der Waals surface area contributed by atoms with Crippen LogP contribution in [-0.2, 0) is 24.3 Å². The van der Waals surface area contributed by atoms with Crippen LogP contribution in [0, 0.1) is 13.8 Å². The van der Waals surface area contributed by atoms with Gasteiger partial charge in [-0.25, -0.2) is 18.0 Å². The number of ether oxygens (including phenoxy) is 2. The minimum atomic E-state index is -3.68. The average Bonchev–Trinajstić information content (AvgIpc) is 3.07. The van der Waals surface area contributed by atoms with E-state index in [0.29, 0.717) is 24.3 Å². The van der Waals surface area contributed by atoms with Gasteiger partial charge in [-0.15, -0.1) is 0 Å². The van der Waals surface area contributed by atoms with E-state index in [1.54, 1.807) is 34.6 Å². The molecule has 11 heteroatoms. The number of carbonyl (C=O) groups is 3. The number of carbonyl (C=O) groups excluding carboxylic acids is 3. The summed E-state index contributed by atoms with van der Waals surface area (Å²) < 4.78 is 36.7. The van der Waals surface area contributed by atoms with E-state index in [1.165, 1.54) is 28.6 Å². The normalized spacial score (nSPS) is 11.3. The zero-order valence-corrected chi connectivity index (χ0v) is 20.2. The van der Waals surface area contributed by atoms with Crippen molar-refractivity contribution in [1.29, 1.82) is 0 Å². The average molecular weight is 480 g/mol. The Labute approximate surface area is 193 Å². The number of aromatic amines is 1. The van der Waals surface area contributed by atoms with Crippen molar-refractivity contribution in [3.05, 3.63) is 46.8 Å². The van der Waals surface area contributed by atoms with Crippen LogP contribution in [0.2, 0.25) is 0 Å². The van der Waals surface area contributed by atoms with E-state index in [9.17, 15) is 22.8 Å². The standard InChI is InChI=1S/C22H29N3O7S/c1-6-25(7-2)33(29,30)17-11-9-10-16(12-17)24-18(26)13-32-22(28)20-14(4)19(15(5)23-20)21(27)31-8-3/h9-12,23H,6-8,13H2,1-5H3,(H,24,26). The van der Waals surface area contributed by atoms with Crippen molar-refractivity contribution in [2.24, 2.45) is 0 Å². The SMILES string of the molecule is CCOC(=O)c1c(C)[nH]c(C(=O)OCC(=O)Nc2cccc(S(=O)(=O)N(CC)CC)c2)c1C. The van der Waals surface area contributed by atoms with E-state index in [4.69, 9.17) is 9.47 Å². The lowest BCUT2D eigenvalue weighted by Gasteiger charge is -2.18. The number of anilines is 1. The number of benzene rings is 1. The maximum atomic E-state index is 12.7. The molecule has 0 unspecified atom stereocenters. The molecule has 0 saturated heterocycles. The van der Waals surface area contributed by atoms with Gasteiger partial charge in [0.05, 0.1) is 17.1 Å². The fourth-order valence-corrected chi connectivity index (χ4v) is 4.82. The molecule has 0 fully saturated rings. The molecule has 0 radical (unpaired) electrons. The Balaban J connectivity index is 2.06. The molecule has 0 atom stereocenters. The molecule has 1 heterocycles. The molecule has 0 aliphatic rings. The summed E-state index contributed by atoms with van der Waals surface area (Å²) >= 11 is 0. The van der Waals surface area contributed by atoms with Gasteiger partial charge in [-0.3, -0.25) is 4.79 Å². The zero-order valence-electron chi connectivity index (χ0n) is 19.4. The Kier molecular flexibility index (Phi) is 8.77. The first-order valence-electron chi connectivity index (χ1n) is 10.5. The van der Waals surface area contributed by atoms with Crippen LogP contribution >= 0.6 is 0 Å². The summed E-state index contributed by atoms with van der Waals surface area (Å²) in [5.74, 6) is -2.01. The Morgan fingerprint density at radius 1 is 1.03 bits per heavy atom. The Bertz CT molecular complexity index is 1130. The fourth-order valence-electron chi connectivity index (χ4n) is 3.31. The highest BCUT2D eigenvalue weighted by Gasteiger charge is 2.25. The van der Waals surface area contributed by atoms with Crippen LogP contribution in [-0.4, -0.2) is 61.9 Å². The van der Waals surface area contributed by atoms with Gasteiger partial charge in [-0.05, 0) is 44.5 Å². The number of nitrogens with one attached hydrogen (secondary N) is 2. The number of hydrogen-bond acceptors (Lipinski definition) is 7. The number of rotatable bonds is 10. The van der Waals surface area contributed by atoms with E-state index >= 15 is 0 Å². The summed E-state index contributed by atoms with van der Waals surface area (Å²) in [4.78, 5) is 39.6. The van der Waals surface area contributed by atoms with Crippen LogP contribution in [0.3, 0.4) is 0 Å². The number of amides is 1. The van der Waals surface area contributed by atoms with Gasteiger partial charge >= 0.3 is 11.9 Å². The second-order valence-corrected chi connectivity index (χ2v) is 9.02. The molecule has 1 aromatic heterocycles. The lowest BCUT2D eigenvalue weighted by atomic mass is 10.1. The number of aryl methyl sites for hydroxylation is 1. The molecule has 2 rings (SSSR count). The van der Waals surface area contributed by atoms with Crippen molar-refractivity contribution in [1.82, 2.24) is 9.29 Å². The summed E-state index contributed by atoms with van der Waals surface area (Å²) in [7, 11) is -3.68. The summed E-state index contributed by atoms with van der Waals surface area (Å²) in [6.07, 6.45) is 0. The molecule has 1 amide bonds. The summed E-state index contributed by atoms with van der Waals surface area (Å²) in [5.41, 5.74) is 1.37. The molecular formula is C22H29N3O7S. The highest BCUT2D eigenvalue weighted by atomic mass is 32.2. The van der Waals surface area contributed by atoms with Crippen LogP contribution in [0.4, 0.5) is 5.69 Å². The van der Waals surface area contributed by atoms with Crippen LogP contribution < -0.4 is 5.32 Å². The molecule has 0 spiro atoms. The maximum Gasteiger partial charge on any atom is 0.355 e. The van der Waals surface area contributed by atoms with E-state index in [-0.39, 0.29) is 28.4 Å². The van der Waals surface area contributed by atoms with Crippen molar-refractivity contribution in [2.75, 3.05) is 31.6 Å². The molecule has 0 bridgehead atoms. The van der Waals surface area contributed by atoms with E-state index in [0.717, 1.165) is 0 Å². The Morgan fingerprint density at radius 3 is 2.30 bits per heavy atom. The maximum absolute atomic E-state index is 12.7. The van der Waals surface area contributed by atoms with Gasteiger partial charge in [0.2, 0.25) is 10.0 Å². The molecular weight excluding hydrogens is 450 g/mol. The zero-order chi connectivity index (χ0) is 24.8. The second-order valence-electron chi connectivity index (χ2n) is 7.09. The fraction of sp³-hybridized carbons (Fsp3) is 0.409. The predicted octanol–water partition coefficient (Wildman–Crippen LogP) is 2.63. The van der Waals surface area contributed by atoms with Crippen LogP contribution in [0.1, 0.15) is 52.9 Å². The molecule has 0 aliphatic heterocycles. The van der Waals surface area contributed by atoms with Gasteiger partial charge in [0.1, 0.15) is 5.69 Å². The highest BCUT2D eigenvalue weighted by Crippen LogP contribution is 2.21. The number of esters is 2. The molecule has 1 aromatic carbocycles. The van der Waals surface area contributed by atoms with Gasteiger partial charge in [-0.1, -0.05) is 19.9 Å². The summed E-state index contributed by atoms with van der Waals surface area (Å²) in [6.45, 7) is 8.60. The third-order valence-electron chi connectivity index (χ3n) is 4.92. The van der Waals surface area contributed by atoms with Crippen molar-refractivity contribution < 1.29 is 32.3 Å². The van der Waals surface area contributed by atoms with Gasteiger partial charge in [-0.2, -0.15) is 4.31 Å². The lowest BCUT2D eigenvalue weighted by Crippen LogP contribution is -2.30. The monoisotopic (exact) mass is 479 g/mol. The largest absolute Gasteiger partial charge is 0.462 e. The molecule has 0 aliphatic carbocycles. The van der Waals surface area contributed by atoms with Crippen LogP contribution in [0.15, 0.2) is 29.2 Å². The first kappa shape index (κ1) is 26.1. The van der Waals surface area contributed by atoms with Gasteiger partial charge < -0.3 is 19.8 Å². The Hall–Kier alpha value is -3.18. The van der Waals surface area contributed by atoms with Gasteiger partial charge in [0.25, 0.3) is 5.91 Å². The predicted molar refractivity (Wildman–Crippen MR) is 122 cm³/mol. The third-order valence-corrected chi connectivity index (χ3v) is 6.96. The van der Waals surface area contributed by atoms with Crippen LogP contribution in [0.25, 0.3) is 0 Å². The van der Waals surface area contributed by atoms with E-state index in [1.807, 2.05) is 0 Å². The minimum Gasteiger partial charge on any atom is -0.462 e. The smallest absolute Gasteiger partial charge is 0.355 e. The molecule has 0 saturated carbocycles. The number of aromatic nitrogens is 1. The summed E-state index contributed by atoms with van der Waals surface area (Å²) in [5, 5.41) is 2.52. The van der Waals surface area contributed by atoms with Crippen LogP contribution in [0.5, 0.6) is 0 Å². The molecule has 33 heavy (non-hydrogen) atoms. The van der Waals surface area contributed by atoms with Gasteiger partial charge in [0, 0.05) is 24.5 Å². The van der Waals surface area contributed by atoms with Crippen molar-refractivity contribution in [3.63, 3.8) is 0 Å². The first-order chi connectivity index (χ1) is 15.6. The topological polar surface area (TPSA) is 135 Å².